The number of aryl methyl sites for hydroxylation is 2. The monoisotopic (exact) mass is 274 g/mol. The van der Waals surface area contributed by atoms with Crippen molar-refractivity contribution in [1.82, 2.24) is 9.13 Å². The van der Waals surface area contributed by atoms with E-state index in [1.54, 1.807) is 0 Å². The van der Waals surface area contributed by atoms with Crippen LogP contribution in [0.1, 0.15) is 11.1 Å². The standard InChI is InChI=1S/C19H18N2/c1-13-7-6-10-17(14(13)2)21-12-11-16-15-8-4-5-9-18(15)20(3)19(16)21/h4-12H,1-3H3. The van der Waals surface area contributed by atoms with Gasteiger partial charge in [-0.25, -0.2) is 0 Å². The Morgan fingerprint density at radius 2 is 1.62 bits per heavy atom. The normalized spacial score (nSPS) is 11.6. The summed E-state index contributed by atoms with van der Waals surface area (Å²) in [6, 6.07) is 17.3. The predicted molar refractivity (Wildman–Crippen MR) is 89.2 cm³/mol. The highest BCUT2D eigenvalue weighted by atomic mass is 15.1. The molecule has 0 unspecified atom stereocenters. The van der Waals surface area contributed by atoms with Crippen LogP contribution in [0.25, 0.3) is 27.6 Å². The maximum Gasteiger partial charge on any atom is 0.125 e. The second kappa shape index (κ2) is 4.26. The van der Waals surface area contributed by atoms with Gasteiger partial charge in [0.25, 0.3) is 0 Å². The summed E-state index contributed by atoms with van der Waals surface area (Å²) < 4.78 is 4.59. The van der Waals surface area contributed by atoms with Crippen molar-refractivity contribution in [2.75, 3.05) is 0 Å². The van der Waals surface area contributed by atoms with Crippen molar-refractivity contribution in [1.29, 1.82) is 0 Å². The van der Waals surface area contributed by atoms with Crippen LogP contribution in [-0.4, -0.2) is 9.13 Å². The number of fused-ring (bicyclic) bond motifs is 3. The first-order valence-electron chi connectivity index (χ1n) is 7.29. The molecule has 4 rings (SSSR count). The van der Waals surface area contributed by atoms with Crippen LogP contribution in [0.5, 0.6) is 0 Å². The fourth-order valence-corrected chi connectivity index (χ4v) is 3.28. The first-order valence-corrected chi connectivity index (χ1v) is 7.29. The molecule has 0 amide bonds. The van der Waals surface area contributed by atoms with E-state index in [1.165, 1.54) is 38.8 Å². The van der Waals surface area contributed by atoms with Crippen LogP contribution < -0.4 is 0 Å². The molecule has 0 aliphatic heterocycles. The molecule has 4 aromatic rings. The van der Waals surface area contributed by atoms with E-state index in [1.807, 2.05) is 0 Å². The highest BCUT2D eigenvalue weighted by Crippen LogP contribution is 2.31. The third kappa shape index (κ3) is 1.59. The van der Waals surface area contributed by atoms with Crippen LogP contribution in [0.4, 0.5) is 0 Å². The second-order valence-corrected chi connectivity index (χ2v) is 5.72. The molecule has 0 fully saturated rings. The maximum absolute atomic E-state index is 2.30. The van der Waals surface area contributed by atoms with Crippen molar-refractivity contribution >= 4 is 21.9 Å². The molecule has 0 saturated heterocycles. The third-order valence-electron chi connectivity index (χ3n) is 4.57. The Morgan fingerprint density at radius 3 is 2.48 bits per heavy atom. The minimum absolute atomic E-state index is 1.25. The number of rotatable bonds is 1. The predicted octanol–water partition coefficient (Wildman–Crippen LogP) is 4.74. The van der Waals surface area contributed by atoms with E-state index in [4.69, 9.17) is 0 Å². The van der Waals surface area contributed by atoms with E-state index < -0.39 is 0 Å². The van der Waals surface area contributed by atoms with Gasteiger partial charge in [0.15, 0.2) is 0 Å². The highest BCUT2D eigenvalue weighted by Gasteiger charge is 2.14. The highest BCUT2D eigenvalue weighted by molar-refractivity contribution is 6.07. The number of aromatic nitrogens is 2. The minimum Gasteiger partial charge on any atom is -0.329 e. The number of hydrogen-bond donors (Lipinski definition) is 0. The zero-order valence-corrected chi connectivity index (χ0v) is 12.6. The molecule has 0 saturated carbocycles. The van der Waals surface area contributed by atoms with Gasteiger partial charge in [-0.3, -0.25) is 0 Å². The van der Waals surface area contributed by atoms with Crippen molar-refractivity contribution in [2.45, 2.75) is 13.8 Å². The van der Waals surface area contributed by atoms with E-state index in [9.17, 15) is 0 Å². The van der Waals surface area contributed by atoms with E-state index in [0.717, 1.165) is 0 Å². The minimum atomic E-state index is 1.25. The molecule has 2 aromatic heterocycles. The van der Waals surface area contributed by atoms with Crippen molar-refractivity contribution in [3.63, 3.8) is 0 Å². The summed E-state index contributed by atoms with van der Waals surface area (Å²) in [5.41, 5.74) is 6.45. The van der Waals surface area contributed by atoms with Crippen LogP contribution in [0.3, 0.4) is 0 Å². The molecule has 2 heterocycles. The number of benzene rings is 2. The fourth-order valence-electron chi connectivity index (χ4n) is 3.28. The van der Waals surface area contributed by atoms with E-state index in [0.29, 0.717) is 0 Å². The molecular formula is C19H18N2. The molecule has 0 atom stereocenters. The van der Waals surface area contributed by atoms with Crippen molar-refractivity contribution in [2.24, 2.45) is 7.05 Å². The molecule has 0 N–H and O–H groups in total. The summed E-state index contributed by atoms with van der Waals surface area (Å²) in [5.74, 6) is 0. The number of hydrogen-bond acceptors (Lipinski definition) is 0. The maximum atomic E-state index is 2.30. The van der Waals surface area contributed by atoms with Crippen LogP contribution in [0.15, 0.2) is 54.7 Å². The van der Waals surface area contributed by atoms with Crippen LogP contribution >= 0.6 is 0 Å². The Bertz CT molecular complexity index is 970. The molecule has 0 bridgehead atoms. The van der Waals surface area contributed by atoms with Crippen molar-refractivity contribution in [3.05, 3.63) is 65.9 Å². The summed E-state index contributed by atoms with van der Waals surface area (Å²) in [4.78, 5) is 0. The van der Waals surface area contributed by atoms with Gasteiger partial charge in [-0.15, -0.1) is 0 Å². The Kier molecular flexibility index (Phi) is 2.49. The second-order valence-electron chi connectivity index (χ2n) is 5.72. The van der Waals surface area contributed by atoms with Crippen LogP contribution in [0, 0.1) is 13.8 Å². The topological polar surface area (TPSA) is 9.86 Å². The third-order valence-corrected chi connectivity index (χ3v) is 4.57. The summed E-state index contributed by atoms with van der Waals surface area (Å²) >= 11 is 0. The Balaban J connectivity index is 2.13. The lowest BCUT2D eigenvalue weighted by atomic mass is 10.1. The van der Waals surface area contributed by atoms with Gasteiger partial charge < -0.3 is 9.13 Å². The molecule has 21 heavy (non-hydrogen) atoms. The molecular weight excluding hydrogens is 256 g/mol. The van der Waals surface area contributed by atoms with E-state index >= 15 is 0 Å². The summed E-state index contributed by atoms with van der Waals surface area (Å²) in [6.45, 7) is 4.36. The molecule has 104 valence electrons. The van der Waals surface area contributed by atoms with Crippen molar-refractivity contribution < 1.29 is 0 Å². The zero-order valence-electron chi connectivity index (χ0n) is 12.6. The molecule has 2 heteroatoms. The lowest BCUT2D eigenvalue weighted by molar-refractivity contribution is 0.945. The smallest absolute Gasteiger partial charge is 0.125 e. The summed E-state index contributed by atoms with van der Waals surface area (Å²) in [7, 11) is 2.15. The van der Waals surface area contributed by atoms with Gasteiger partial charge in [0.1, 0.15) is 5.65 Å². The lowest BCUT2D eigenvalue weighted by Gasteiger charge is -2.12. The average Bonchev–Trinajstić information content (AvgIpc) is 3.04. The molecule has 0 spiro atoms. The first-order chi connectivity index (χ1) is 10.2. The average molecular weight is 274 g/mol. The van der Waals surface area contributed by atoms with Gasteiger partial charge in [-0.2, -0.15) is 0 Å². The van der Waals surface area contributed by atoms with Crippen LogP contribution in [-0.2, 0) is 7.05 Å². The molecule has 0 radical (unpaired) electrons. The van der Waals surface area contributed by atoms with Crippen LogP contribution in [0.2, 0.25) is 0 Å². The van der Waals surface area contributed by atoms with Gasteiger partial charge in [0, 0.05) is 24.0 Å². The number of para-hydroxylation sites is 1. The fraction of sp³-hybridized carbons (Fsp3) is 0.158. The van der Waals surface area contributed by atoms with E-state index in [-0.39, 0.29) is 0 Å². The largest absolute Gasteiger partial charge is 0.329 e. The van der Waals surface area contributed by atoms with Gasteiger partial charge in [0.05, 0.1) is 11.2 Å². The SMILES string of the molecule is Cc1cccc(-n2ccc3c4ccccc4n(C)c32)c1C. The Morgan fingerprint density at radius 1 is 0.810 bits per heavy atom. The number of nitrogens with zero attached hydrogens (tertiary/aromatic N) is 2. The lowest BCUT2D eigenvalue weighted by Crippen LogP contribution is -2.00. The molecule has 0 aliphatic rings. The summed E-state index contributed by atoms with van der Waals surface area (Å²) in [5, 5.41) is 2.63. The van der Waals surface area contributed by atoms with Gasteiger partial charge in [-0.1, -0.05) is 30.3 Å². The quantitative estimate of drug-likeness (QED) is 0.474. The molecule has 2 aromatic carbocycles. The first kappa shape index (κ1) is 12.3. The van der Waals surface area contributed by atoms with Crippen molar-refractivity contribution in [3.8, 4) is 5.69 Å². The zero-order chi connectivity index (χ0) is 14.6. The molecule has 2 nitrogen and oxygen atoms in total. The molecule has 0 aliphatic carbocycles. The summed E-state index contributed by atoms with van der Waals surface area (Å²) in [6.07, 6.45) is 2.18. The van der Waals surface area contributed by atoms with Gasteiger partial charge >= 0.3 is 0 Å². The van der Waals surface area contributed by atoms with Gasteiger partial charge in [0.2, 0.25) is 0 Å². The Hall–Kier alpha value is -2.48. The van der Waals surface area contributed by atoms with Gasteiger partial charge in [-0.05, 0) is 43.2 Å². The van der Waals surface area contributed by atoms with E-state index in [2.05, 4.69) is 84.8 Å². The Labute approximate surface area is 124 Å².